The summed E-state index contributed by atoms with van der Waals surface area (Å²) in [7, 11) is 1.22. The summed E-state index contributed by atoms with van der Waals surface area (Å²) in [4.78, 5) is 44.9. The van der Waals surface area contributed by atoms with Gasteiger partial charge in [-0.25, -0.2) is 13.9 Å². The molecule has 2 aromatic heterocycles. The number of ether oxygens (including phenoxy) is 1. The molecule has 288 valence electrons. The van der Waals surface area contributed by atoms with Crippen LogP contribution < -0.4 is 20.8 Å². The smallest absolute Gasteiger partial charge is 0.325 e. The lowest BCUT2D eigenvalue weighted by atomic mass is 9.76. The SMILES string of the molecule is COC(=O)C(CNC(=O)c1cn(C)c2cc(CNc3nccn3C(c3ccccc3)(c3ccccc3)c3ccccc3)ccc2c1=O)NS(=O)c1ccc(C)cc1. The number of aromatic nitrogens is 3. The van der Waals surface area contributed by atoms with E-state index < -0.39 is 39.9 Å². The van der Waals surface area contributed by atoms with Gasteiger partial charge in [0.25, 0.3) is 5.91 Å². The van der Waals surface area contributed by atoms with E-state index >= 15 is 0 Å². The fourth-order valence-corrected chi connectivity index (χ4v) is 8.06. The van der Waals surface area contributed by atoms with Gasteiger partial charge in [-0.3, -0.25) is 19.0 Å². The van der Waals surface area contributed by atoms with Crippen LogP contribution in [-0.2, 0) is 39.6 Å². The molecule has 3 N–H and O–H groups in total. The van der Waals surface area contributed by atoms with Crippen molar-refractivity contribution < 1.29 is 18.5 Å². The summed E-state index contributed by atoms with van der Waals surface area (Å²) < 4.78 is 24.4. The van der Waals surface area contributed by atoms with E-state index in [2.05, 4.69) is 56.3 Å². The number of imidazole rings is 1. The molecule has 11 nitrogen and oxygen atoms in total. The molecule has 0 spiro atoms. The van der Waals surface area contributed by atoms with Crippen molar-refractivity contribution in [2.75, 3.05) is 19.0 Å². The van der Waals surface area contributed by atoms with Crippen LogP contribution in [0.4, 0.5) is 5.95 Å². The zero-order valence-electron chi connectivity index (χ0n) is 31.7. The van der Waals surface area contributed by atoms with E-state index in [1.807, 2.05) is 92.0 Å². The maximum absolute atomic E-state index is 13.7. The summed E-state index contributed by atoms with van der Waals surface area (Å²) in [6.45, 7) is 2.04. The minimum atomic E-state index is -1.76. The Bertz CT molecular complexity index is 2500. The number of nitrogens with zero attached hydrogens (tertiary/aromatic N) is 3. The third kappa shape index (κ3) is 7.91. The molecule has 7 aromatic rings. The minimum Gasteiger partial charge on any atom is -0.468 e. The topological polar surface area (TPSA) is 136 Å². The highest BCUT2D eigenvalue weighted by Gasteiger charge is 2.39. The minimum absolute atomic E-state index is 0.0970. The van der Waals surface area contributed by atoms with Crippen molar-refractivity contribution in [1.82, 2.24) is 24.2 Å². The largest absolute Gasteiger partial charge is 0.468 e. The summed E-state index contributed by atoms with van der Waals surface area (Å²) in [5.74, 6) is -0.739. The first-order chi connectivity index (χ1) is 27.7. The maximum Gasteiger partial charge on any atom is 0.325 e. The Morgan fingerprint density at radius 3 is 2.02 bits per heavy atom. The number of hydrogen-bond donors (Lipinski definition) is 3. The van der Waals surface area contributed by atoms with Gasteiger partial charge >= 0.3 is 5.97 Å². The Kier molecular flexibility index (Phi) is 11.5. The van der Waals surface area contributed by atoms with E-state index in [1.54, 1.807) is 36.0 Å². The predicted octanol–water partition coefficient (Wildman–Crippen LogP) is 6.08. The summed E-state index contributed by atoms with van der Waals surface area (Å²) in [6.07, 6.45) is 5.25. The van der Waals surface area contributed by atoms with Gasteiger partial charge in [-0.2, -0.15) is 0 Å². The normalized spacial score (nSPS) is 12.5. The highest BCUT2D eigenvalue weighted by atomic mass is 32.2. The molecule has 2 heterocycles. The van der Waals surface area contributed by atoms with Crippen LogP contribution >= 0.6 is 0 Å². The van der Waals surface area contributed by atoms with E-state index in [-0.39, 0.29) is 12.1 Å². The quantitative estimate of drug-likeness (QED) is 0.0900. The first-order valence-corrected chi connectivity index (χ1v) is 19.5. The van der Waals surface area contributed by atoms with Crippen molar-refractivity contribution in [2.45, 2.75) is 29.9 Å². The highest BCUT2D eigenvalue weighted by Crippen LogP contribution is 2.42. The fraction of sp³-hybridized carbons (Fsp3) is 0.156. The molecule has 5 aromatic carbocycles. The molecule has 1 amide bonds. The molecule has 0 fully saturated rings. The molecule has 0 aliphatic carbocycles. The van der Waals surface area contributed by atoms with Crippen LogP contribution in [0.3, 0.4) is 0 Å². The van der Waals surface area contributed by atoms with E-state index in [0.29, 0.717) is 28.3 Å². The second-order valence-electron chi connectivity index (χ2n) is 13.6. The second-order valence-corrected chi connectivity index (χ2v) is 14.8. The molecule has 2 atom stereocenters. The lowest BCUT2D eigenvalue weighted by Crippen LogP contribution is -2.47. The Hall–Kier alpha value is -6.63. The van der Waals surface area contributed by atoms with Crippen LogP contribution in [0, 0.1) is 6.92 Å². The molecule has 0 bridgehead atoms. The maximum atomic E-state index is 13.7. The van der Waals surface area contributed by atoms with Crippen LogP contribution in [0.2, 0.25) is 0 Å². The Balaban J connectivity index is 1.13. The standard InChI is InChI=1S/C45H42N6O5S/c1-31-19-22-36(23-20-31)57(55)49-39(43(54)56-3)29-47-42(53)38-30-50(2)40-27-32(21-24-37(40)41(38)52)28-48-44-46-25-26-51(44)45(33-13-7-4-8-14-33,34-15-9-5-10-16-34)35-17-11-6-12-18-35/h4-27,30,39,49H,28-29H2,1-3H3,(H,46,48)(H,47,53). The van der Waals surface area contributed by atoms with E-state index in [4.69, 9.17) is 9.72 Å². The van der Waals surface area contributed by atoms with Gasteiger partial charge in [0.2, 0.25) is 11.4 Å². The van der Waals surface area contributed by atoms with Crippen molar-refractivity contribution in [3.63, 3.8) is 0 Å². The lowest BCUT2D eigenvalue weighted by molar-refractivity contribution is -0.142. The predicted molar refractivity (Wildman–Crippen MR) is 222 cm³/mol. The number of methoxy groups -OCH3 is 1. The van der Waals surface area contributed by atoms with E-state index in [1.165, 1.54) is 13.3 Å². The number of pyridine rings is 1. The van der Waals surface area contributed by atoms with Gasteiger partial charge in [-0.15, -0.1) is 0 Å². The number of nitrogens with one attached hydrogen (secondary N) is 3. The number of carbonyl (C=O) groups is 2. The van der Waals surface area contributed by atoms with Gasteiger partial charge < -0.3 is 19.9 Å². The molecular weight excluding hydrogens is 737 g/mol. The molecular formula is C45H42N6O5S. The number of esters is 1. The zero-order valence-corrected chi connectivity index (χ0v) is 32.5. The van der Waals surface area contributed by atoms with Crippen molar-refractivity contribution >= 4 is 39.7 Å². The van der Waals surface area contributed by atoms with Gasteiger partial charge in [0.05, 0.1) is 17.5 Å². The Morgan fingerprint density at radius 1 is 0.842 bits per heavy atom. The second kappa shape index (κ2) is 17.0. The van der Waals surface area contributed by atoms with E-state index in [9.17, 15) is 18.6 Å². The van der Waals surface area contributed by atoms with Crippen LogP contribution in [0.25, 0.3) is 10.9 Å². The average molecular weight is 779 g/mol. The molecule has 57 heavy (non-hydrogen) atoms. The van der Waals surface area contributed by atoms with Gasteiger partial charge in [0.1, 0.15) is 28.1 Å². The van der Waals surface area contributed by atoms with Crippen molar-refractivity contribution in [3.8, 4) is 0 Å². The van der Waals surface area contributed by atoms with Gasteiger partial charge in [-0.1, -0.05) is 115 Å². The summed E-state index contributed by atoms with van der Waals surface area (Å²) >= 11 is 0. The van der Waals surface area contributed by atoms with Crippen molar-refractivity contribution in [3.05, 3.63) is 196 Å². The van der Waals surface area contributed by atoms with Crippen LogP contribution in [0.5, 0.6) is 0 Å². The molecule has 0 aliphatic rings. The van der Waals surface area contributed by atoms with Crippen LogP contribution in [-0.4, -0.2) is 49.9 Å². The van der Waals surface area contributed by atoms with Crippen molar-refractivity contribution in [1.29, 1.82) is 0 Å². The number of carbonyl (C=O) groups excluding carboxylic acids is 2. The Labute approximate surface area is 333 Å². The van der Waals surface area contributed by atoms with Crippen LogP contribution in [0.15, 0.2) is 162 Å². The third-order valence-electron chi connectivity index (χ3n) is 9.96. The van der Waals surface area contributed by atoms with Gasteiger partial charge in [0, 0.05) is 44.1 Å². The highest BCUT2D eigenvalue weighted by molar-refractivity contribution is 7.83. The molecule has 0 saturated heterocycles. The van der Waals surface area contributed by atoms with Gasteiger partial charge in [0.15, 0.2) is 0 Å². The molecule has 0 saturated carbocycles. The summed E-state index contributed by atoms with van der Waals surface area (Å²) in [5, 5.41) is 6.55. The molecule has 0 aliphatic heterocycles. The molecule has 0 radical (unpaired) electrons. The van der Waals surface area contributed by atoms with E-state index in [0.717, 1.165) is 27.8 Å². The Morgan fingerprint density at radius 2 is 1.44 bits per heavy atom. The van der Waals surface area contributed by atoms with Gasteiger partial charge in [-0.05, 0) is 53.4 Å². The number of anilines is 1. The first-order valence-electron chi connectivity index (χ1n) is 18.4. The lowest BCUT2D eigenvalue weighted by Gasteiger charge is -2.38. The number of rotatable bonds is 14. The first kappa shape index (κ1) is 38.6. The summed E-state index contributed by atoms with van der Waals surface area (Å²) in [6, 6.07) is 42.4. The number of aryl methyl sites for hydroxylation is 2. The zero-order chi connectivity index (χ0) is 39.9. The number of amides is 1. The molecule has 7 rings (SSSR count). The fourth-order valence-electron chi connectivity index (χ4n) is 7.11. The summed E-state index contributed by atoms with van der Waals surface area (Å²) in [5.41, 5.74) is 4.42. The number of fused-ring (bicyclic) bond motifs is 1. The van der Waals surface area contributed by atoms with Crippen LogP contribution in [0.1, 0.15) is 38.2 Å². The average Bonchev–Trinajstić information content (AvgIpc) is 3.72. The molecule has 12 heteroatoms. The molecule has 2 unspecified atom stereocenters. The monoisotopic (exact) mass is 778 g/mol. The third-order valence-corrected chi connectivity index (χ3v) is 11.2. The van der Waals surface area contributed by atoms with Crippen molar-refractivity contribution in [2.24, 2.45) is 7.05 Å². The number of benzene rings is 5. The number of hydrogen-bond acceptors (Lipinski definition) is 7.